The molecular weight excluding hydrogens is 344 g/mol. The summed E-state index contributed by atoms with van der Waals surface area (Å²) in [6, 6.07) is 9.53. The number of hydrogen-bond acceptors (Lipinski definition) is 5. The Morgan fingerprint density at radius 1 is 1.07 bits per heavy atom. The fourth-order valence-electron chi connectivity index (χ4n) is 2.44. The average Bonchev–Trinajstić information content (AvgIpc) is 2.69. The molecule has 0 atom stereocenters. The third kappa shape index (κ3) is 6.06. The van der Waals surface area contributed by atoms with E-state index in [9.17, 15) is 0 Å². The molecule has 0 aliphatic heterocycles. The Kier molecular flexibility index (Phi) is 8.22. The van der Waals surface area contributed by atoms with Crippen LogP contribution in [-0.4, -0.2) is 37.8 Å². The highest BCUT2D eigenvalue weighted by Gasteiger charge is 2.08. The molecule has 1 heterocycles. The summed E-state index contributed by atoms with van der Waals surface area (Å²) in [7, 11) is 1.62. The molecule has 146 valence electrons. The van der Waals surface area contributed by atoms with Gasteiger partial charge in [0.2, 0.25) is 5.88 Å². The van der Waals surface area contributed by atoms with E-state index >= 15 is 0 Å². The van der Waals surface area contributed by atoms with E-state index in [-0.39, 0.29) is 0 Å². The largest absolute Gasteiger partial charge is 0.493 e. The Hall–Kier alpha value is -2.96. The zero-order valence-electron chi connectivity index (χ0n) is 16.4. The smallest absolute Gasteiger partial charge is 0.218 e. The van der Waals surface area contributed by atoms with Gasteiger partial charge in [-0.2, -0.15) is 0 Å². The van der Waals surface area contributed by atoms with Gasteiger partial charge in [-0.3, -0.25) is 0 Å². The quantitative estimate of drug-likeness (QED) is 0.518. The molecule has 0 radical (unpaired) electrons. The minimum absolute atomic E-state index is 0.451. The number of hydrogen-bond donors (Lipinski definition) is 2. The van der Waals surface area contributed by atoms with Gasteiger partial charge in [-0.25, -0.2) is 9.98 Å². The molecule has 0 aliphatic carbocycles. The third-order valence-corrected chi connectivity index (χ3v) is 3.61. The molecule has 7 nitrogen and oxygen atoms in total. The van der Waals surface area contributed by atoms with Crippen LogP contribution in [0.25, 0.3) is 0 Å². The maximum Gasteiger partial charge on any atom is 0.218 e. The molecule has 0 amide bonds. The Labute approximate surface area is 160 Å². The lowest BCUT2D eigenvalue weighted by atomic mass is 10.2. The summed E-state index contributed by atoms with van der Waals surface area (Å²) < 4.78 is 16.5. The maximum atomic E-state index is 5.56. The van der Waals surface area contributed by atoms with Crippen LogP contribution < -0.4 is 24.8 Å². The second-order valence-electron chi connectivity index (χ2n) is 5.52. The van der Waals surface area contributed by atoms with E-state index < -0.39 is 0 Å². The monoisotopic (exact) mass is 372 g/mol. The lowest BCUT2D eigenvalue weighted by molar-refractivity contribution is 0.311. The molecule has 0 aliphatic rings. The number of anilines is 1. The molecule has 1 aromatic heterocycles. The average molecular weight is 372 g/mol. The molecule has 0 fully saturated rings. The Morgan fingerprint density at radius 3 is 2.59 bits per heavy atom. The van der Waals surface area contributed by atoms with E-state index in [0.29, 0.717) is 43.1 Å². The summed E-state index contributed by atoms with van der Waals surface area (Å²) in [6.45, 7) is 8.24. The summed E-state index contributed by atoms with van der Waals surface area (Å²) in [4.78, 5) is 8.90. The molecule has 27 heavy (non-hydrogen) atoms. The first-order valence-electron chi connectivity index (χ1n) is 9.14. The number of aromatic nitrogens is 1. The van der Waals surface area contributed by atoms with Crippen molar-refractivity contribution < 1.29 is 14.2 Å². The first-order chi connectivity index (χ1) is 13.2. The van der Waals surface area contributed by atoms with Crippen molar-refractivity contribution in [2.45, 2.75) is 27.3 Å². The molecule has 7 heteroatoms. The molecular formula is C20H28N4O3. The molecule has 0 unspecified atom stereocenters. The van der Waals surface area contributed by atoms with Gasteiger partial charge < -0.3 is 24.8 Å². The predicted octanol–water partition coefficient (Wildman–Crippen LogP) is 3.47. The van der Waals surface area contributed by atoms with Crippen molar-refractivity contribution in [1.82, 2.24) is 10.3 Å². The number of pyridine rings is 1. The number of ether oxygens (including phenoxy) is 3. The van der Waals surface area contributed by atoms with Gasteiger partial charge in [0.25, 0.3) is 0 Å². The van der Waals surface area contributed by atoms with Crippen molar-refractivity contribution in [1.29, 1.82) is 0 Å². The van der Waals surface area contributed by atoms with Crippen LogP contribution in [0.5, 0.6) is 17.4 Å². The maximum absolute atomic E-state index is 5.56. The minimum atomic E-state index is 0.451. The first kappa shape index (κ1) is 20.4. The number of nitrogens with one attached hydrogen (secondary N) is 2. The standard InChI is InChI=1S/C20H28N4O3/c1-5-21-20(23-14-15-9-8-12-22-19(15)27-7-3)24-16-10-11-17(26-6-2)18(13-16)25-4/h8-13H,5-7,14H2,1-4H3,(H2,21,23,24). The van der Waals surface area contributed by atoms with Gasteiger partial charge in [-0.15, -0.1) is 0 Å². The van der Waals surface area contributed by atoms with E-state index in [1.807, 2.05) is 51.1 Å². The minimum Gasteiger partial charge on any atom is -0.493 e. The van der Waals surface area contributed by atoms with Crippen molar-refractivity contribution in [3.8, 4) is 17.4 Å². The molecule has 0 saturated carbocycles. The second kappa shape index (κ2) is 10.9. The number of aliphatic imine (C=N–C) groups is 1. The zero-order valence-corrected chi connectivity index (χ0v) is 16.4. The number of methoxy groups -OCH3 is 1. The summed E-state index contributed by atoms with van der Waals surface area (Å²) in [5.41, 5.74) is 1.78. The van der Waals surface area contributed by atoms with Crippen molar-refractivity contribution >= 4 is 11.6 Å². The van der Waals surface area contributed by atoms with Gasteiger partial charge >= 0.3 is 0 Å². The van der Waals surface area contributed by atoms with Gasteiger partial charge in [0, 0.05) is 30.1 Å². The van der Waals surface area contributed by atoms with E-state index in [0.717, 1.165) is 17.8 Å². The fraction of sp³-hybridized carbons (Fsp3) is 0.400. The Balaban J connectivity index is 2.16. The van der Waals surface area contributed by atoms with Crippen LogP contribution >= 0.6 is 0 Å². The van der Waals surface area contributed by atoms with Gasteiger partial charge in [-0.1, -0.05) is 6.07 Å². The van der Waals surface area contributed by atoms with Crippen molar-refractivity contribution in [3.63, 3.8) is 0 Å². The van der Waals surface area contributed by atoms with Crippen LogP contribution in [0.3, 0.4) is 0 Å². The van der Waals surface area contributed by atoms with E-state index in [2.05, 4.69) is 20.6 Å². The Morgan fingerprint density at radius 2 is 1.89 bits per heavy atom. The number of benzene rings is 1. The highest BCUT2D eigenvalue weighted by atomic mass is 16.5. The van der Waals surface area contributed by atoms with Gasteiger partial charge in [0.05, 0.1) is 26.9 Å². The van der Waals surface area contributed by atoms with E-state index in [1.165, 1.54) is 0 Å². The normalized spacial score (nSPS) is 11.0. The molecule has 2 rings (SSSR count). The lowest BCUT2D eigenvalue weighted by Gasteiger charge is -2.14. The summed E-state index contributed by atoms with van der Waals surface area (Å²) >= 11 is 0. The molecule has 2 aromatic rings. The number of rotatable bonds is 9. The van der Waals surface area contributed by atoms with Gasteiger partial charge in [-0.05, 0) is 39.0 Å². The van der Waals surface area contributed by atoms with Crippen molar-refractivity contribution in [2.24, 2.45) is 4.99 Å². The van der Waals surface area contributed by atoms with Gasteiger partial charge in [0.1, 0.15) is 0 Å². The van der Waals surface area contributed by atoms with Crippen molar-refractivity contribution in [2.75, 3.05) is 32.2 Å². The molecule has 2 N–H and O–H groups in total. The molecule has 0 bridgehead atoms. The van der Waals surface area contributed by atoms with Crippen LogP contribution in [0.1, 0.15) is 26.3 Å². The van der Waals surface area contributed by atoms with Crippen LogP contribution in [0, 0.1) is 0 Å². The SMILES string of the molecule is CCNC(=NCc1cccnc1OCC)Nc1ccc(OCC)c(OC)c1. The summed E-state index contributed by atoms with van der Waals surface area (Å²) in [5, 5.41) is 6.52. The second-order valence-corrected chi connectivity index (χ2v) is 5.52. The van der Waals surface area contributed by atoms with E-state index in [1.54, 1.807) is 13.3 Å². The fourth-order valence-corrected chi connectivity index (χ4v) is 2.44. The molecule has 0 saturated heterocycles. The highest BCUT2D eigenvalue weighted by Crippen LogP contribution is 2.30. The van der Waals surface area contributed by atoms with Crippen LogP contribution in [0.4, 0.5) is 5.69 Å². The molecule has 0 spiro atoms. The topological polar surface area (TPSA) is 77.0 Å². The van der Waals surface area contributed by atoms with Gasteiger partial charge in [0.15, 0.2) is 17.5 Å². The third-order valence-electron chi connectivity index (χ3n) is 3.61. The first-order valence-corrected chi connectivity index (χ1v) is 9.14. The van der Waals surface area contributed by atoms with Crippen LogP contribution in [0.15, 0.2) is 41.5 Å². The highest BCUT2D eigenvalue weighted by molar-refractivity contribution is 5.93. The molecule has 1 aromatic carbocycles. The predicted molar refractivity (Wildman–Crippen MR) is 108 cm³/mol. The Bertz CT molecular complexity index is 750. The zero-order chi connectivity index (χ0) is 19.5. The number of guanidine groups is 1. The van der Waals surface area contributed by atoms with Crippen LogP contribution in [-0.2, 0) is 6.54 Å². The lowest BCUT2D eigenvalue weighted by Crippen LogP contribution is -2.30. The summed E-state index contributed by atoms with van der Waals surface area (Å²) in [5.74, 6) is 2.66. The van der Waals surface area contributed by atoms with Crippen molar-refractivity contribution in [3.05, 3.63) is 42.1 Å². The van der Waals surface area contributed by atoms with Crippen LogP contribution in [0.2, 0.25) is 0 Å². The number of nitrogens with zero attached hydrogens (tertiary/aromatic N) is 2. The summed E-state index contributed by atoms with van der Waals surface area (Å²) in [6.07, 6.45) is 1.72. The van der Waals surface area contributed by atoms with E-state index in [4.69, 9.17) is 14.2 Å².